The molecule has 0 saturated heterocycles. The number of hydrogen-bond donors (Lipinski definition) is 1. The van der Waals surface area contributed by atoms with Gasteiger partial charge in [0.05, 0.1) is 9.77 Å². The van der Waals surface area contributed by atoms with E-state index < -0.39 is 0 Å². The van der Waals surface area contributed by atoms with Crippen molar-refractivity contribution in [3.63, 3.8) is 0 Å². The summed E-state index contributed by atoms with van der Waals surface area (Å²) in [5.41, 5.74) is 3.81. The van der Waals surface area contributed by atoms with Gasteiger partial charge in [-0.25, -0.2) is 0 Å². The molecule has 0 bridgehead atoms. The lowest BCUT2D eigenvalue weighted by molar-refractivity contribution is 0.102. The molecule has 1 aromatic carbocycles. The molecular formula is C18H15BrN2OS2. The van der Waals surface area contributed by atoms with E-state index in [4.69, 9.17) is 0 Å². The molecule has 2 aromatic heterocycles. The van der Waals surface area contributed by atoms with E-state index >= 15 is 0 Å². The van der Waals surface area contributed by atoms with E-state index in [0.717, 1.165) is 31.2 Å². The fraction of sp³-hybridized carbons (Fsp3) is 0.111. The predicted octanol–water partition coefficient (Wildman–Crippen LogP) is 5.76. The quantitative estimate of drug-likeness (QED) is 0.535. The molecule has 0 saturated carbocycles. The topological polar surface area (TPSA) is 42.0 Å². The van der Waals surface area contributed by atoms with E-state index in [9.17, 15) is 4.79 Å². The SMILES string of the molecule is Cc1cc(NC(=O)c2ccsc2SCc2ccncc2)ccc1Br. The molecule has 24 heavy (non-hydrogen) atoms. The number of aryl methyl sites for hydroxylation is 1. The van der Waals surface area contributed by atoms with Gasteiger partial charge in [-0.3, -0.25) is 9.78 Å². The molecule has 6 heteroatoms. The van der Waals surface area contributed by atoms with Crippen LogP contribution in [0.5, 0.6) is 0 Å². The second kappa shape index (κ2) is 7.96. The molecule has 3 rings (SSSR count). The van der Waals surface area contributed by atoms with Gasteiger partial charge in [0.25, 0.3) is 5.91 Å². The highest BCUT2D eigenvalue weighted by Gasteiger charge is 2.14. The molecule has 0 radical (unpaired) electrons. The third-order valence-corrected chi connectivity index (χ3v) is 6.61. The largest absolute Gasteiger partial charge is 0.322 e. The lowest BCUT2D eigenvalue weighted by atomic mass is 10.2. The average Bonchev–Trinajstić information content (AvgIpc) is 3.06. The normalized spacial score (nSPS) is 10.6. The molecule has 0 unspecified atom stereocenters. The number of pyridine rings is 1. The summed E-state index contributed by atoms with van der Waals surface area (Å²) in [5, 5.41) is 4.93. The molecule has 1 N–H and O–H groups in total. The summed E-state index contributed by atoms with van der Waals surface area (Å²) in [6.45, 7) is 2.00. The molecule has 0 aliphatic carbocycles. The minimum absolute atomic E-state index is 0.0739. The Hall–Kier alpha value is -1.63. The number of rotatable bonds is 5. The number of thioether (sulfide) groups is 1. The third kappa shape index (κ3) is 4.26. The fourth-order valence-corrected chi connectivity index (χ4v) is 4.41. The molecule has 0 fully saturated rings. The summed E-state index contributed by atoms with van der Waals surface area (Å²) < 4.78 is 2.06. The zero-order valence-electron chi connectivity index (χ0n) is 13.0. The number of carbonyl (C=O) groups excluding carboxylic acids is 1. The van der Waals surface area contributed by atoms with Crippen molar-refractivity contribution in [2.75, 3.05) is 5.32 Å². The minimum atomic E-state index is -0.0739. The first-order valence-electron chi connectivity index (χ1n) is 7.30. The molecule has 0 atom stereocenters. The molecule has 3 aromatic rings. The first-order chi connectivity index (χ1) is 11.6. The highest BCUT2D eigenvalue weighted by Crippen LogP contribution is 2.32. The molecule has 3 nitrogen and oxygen atoms in total. The number of nitrogens with one attached hydrogen (secondary N) is 1. The van der Waals surface area contributed by atoms with Crippen molar-refractivity contribution in [1.29, 1.82) is 0 Å². The summed E-state index contributed by atoms with van der Waals surface area (Å²) >= 11 is 6.74. The van der Waals surface area contributed by atoms with Crippen LogP contribution in [0.25, 0.3) is 0 Å². The second-order valence-corrected chi connectivity index (χ2v) is 8.20. The minimum Gasteiger partial charge on any atom is -0.322 e. The molecular weight excluding hydrogens is 404 g/mol. The van der Waals surface area contributed by atoms with Gasteiger partial charge in [-0.15, -0.1) is 23.1 Å². The van der Waals surface area contributed by atoms with Crippen molar-refractivity contribution in [1.82, 2.24) is 4.98 Å². The molecule has 0 aliphatic rings. The molecule has 2 heterocycles. The van der Waals surface area contributed by atoms with Crippen LogP contribution in [0.3, 0.4) is 0 Å². The van der Waals surface area contributed by atoms with Crippen LogP contribution in [0.1, 0.15) is 21.5 Å². The Labute approximate surface area is 157 Å². The van der Waals surface area contributed by atoms with Crippen LogP contribution >= 0.6 is 39.0 Å². The van der Waals surface area contributed by atoms with Gasteiger partial charge in [0.2, 0.25) is 0 Å². The van der Waals surface area contributed by atoms with Gasteiger partial charge in [-0.1, -0.05) is 15.9 Å². The highest BCUT2D eigenvalue weighted by molar-refractivity contribution is 9.10. The van der Waals surface area contributed by atoms with E-state index in [1.165, 1.54) is 5.56 Å². The summed E-state index contributed by atoms with van der Waals surface area (Å²) in [7, 11) is 0. The Kier molecular flexibility index (Phi) is 5.71. The molecule has 0 spiro atoms. The molecule has 0 aliphatic heterocycles. The maximum absolute atomic E-state index is 12.6. The molecule has 122 valence electrons. The zero-order chi connectivity index (χ0) is 16.9. The Bertz CT molecular complexity index is 849. The van der Waals surface area contributed by atoms with Gasteiger partial charge >= 0.3 is 0 Å². The number of halogens is 1. The fourth-order valence-electron chi connectivity index (χ4n) is 2.12. The number of amides is 1. The van der Waals surface area contributed by atoms with E-state index in [0.29, 0.717) is 0 Å². The van der Waals surface area contributed by atoms with Crippen LogP contribution in [0.2, 0.25) is 0 Å². The van der Waals surface area contributed by atoms with Gasteiger partial charge < -0.3 is 5.32 Å². The Morgan fingerprint density at radius 2 is 2.04 bits per heavy atom. The number of anilines is 1. The van der Waals surface area contributed by atoms with Gasteiger partial charge in [0, 0.05) is 28.3 Å². The van der Waals surface area contributed by atoms with E-state index in [1.807, 2.05) is 48.7 Å². The Morgan fingerprint density at radius 1 is 1.25 bits per heavy atom. The van der Waals surface area contributed by atoms with E-state index in [-0.39, 0.29) is 5.91 Å². The van der Waals surface area contributed by atoms with Gasteiger partial charge in [0.15, 0.2) is 0 Å². The maximum Gasteiger partial charge on any atom is 0.257 e. The average molecular weight is 419 g/mol. The van der Waals surface area contributed by atoms with Crippen molar-refractivity contribution in [3.05, 3.63) is 75.3 Å². The Morgan fingerprint density at radius 3 is 2.79 bits per heavy atom. The van der Waals surface area contributed by atoms with E-state index in [2.05, 4.69) is 26.2 Å². The van der Waals surface area contributed by atoms with Crippen molar-refractivity contribution < 1.29 is 4.79 Å². The summed E-state index contributed by atoms with van der Waals surface area (Å²) in [6, 6.07) is 11.7. The maximum atomic E-state index is 12.6. The summed E-state index contributed by atoms with van der Waals surface area (Å²) in [5.74, 6) is 0.746. The predicted molar refractivity (Wildman–Crippen MR) is 105 cm³/mol. The monoisotopic (exact) mass is 418 g/mol. The van der Waals surface area contributed by atoms with Crippen LogP contribution in [0.4, 0.5) is 5.69 Å². The molecule has 1 amide bonds. The first-order valence-corrected chi connectivity index (χ1v) is 9.96. The van der Waals surface area contributed by atoms with Gasteiger partial charge in [-0.05, 0) is 59.8 Å². The standard InChI is InChI=1S/C18H15BrN2OS2/c1-12-10-14(2-3-16(12)19)21-17(22)15-6-9-23-18(15)24-11-13-4-7-20-8-5-13/h2-10H,11H2,1H3,(H,21,22). The van der Waals surface area contributed by atoms with Crippen LogP contribution in [0.15, 0.2) is 62.9 Å². The number of aromatic nitrogens is 1. The number of benzene rings is 1. The lowest BCUT2D eigenvalue weighted by Crippen LogP contribution is -2.11. The number of nitrogens with zero attached hydrogens (tertiary/aromatic N) is 1. The van der Waals surface area contributed by atoms with Gasteiger partial charge in [0.1, 0.15) is 0 Å². The van der Waals surface area contributed by atoms with Crippen molar-refractivity contribution >= 4 is 50.6 Å². The summed E-state index contributed by atoms with van der Waals surface area (Å²) in [4.78, 5) is 16.6. The van der Waals surface area contributed by atoms with Crippen LogP contribution in [0, 0.1) is 6.92 Å². The van der Waals surface area contributed by atoms with Gasteiger partial charge in [-0.2, -0.15) is 0 Å². The number of carbonyl (C=O) groups is 1. The lowest BCUT2D eigenvalue weighted by Gasteiger charge is -2.08. The number of thiophene rings is 1. The van der Waals surface area contributed by atoms with Crippen LogP contribution < -0.4 is 5.32 Å². The van der Waals surface area contributed by atoms with Crippen LogP contribution in [-0.2, 0) is 5.75 Å². The van der Waals surface area contributed by atoms with Crippen LogP contribution in [-0.4, -0.2) is 10.9 Å². The second-order valence-electron chi connectivity index (χ2n) is 5.18. The van der Waals surface area contributed by atoms with Crippen molar-refractivity contribution in [3.8, 4) is 0 Å². The highest BCUT2D eigenvalue weighted by atomic mass is 79.9. The van der Waals surface area contributed by atoms with Crippen molar-refractivity contribution in [2.24, 2.45) is 0 Å². The Balaban J connectivity index is 1.69. The summed E-state index contributed by atoms with van der Waals surface area (Å²) in [6.07, 6.45) is 3.57. The van der Waals surface area contributed by atoms with Crippen molar-refractivity contribution in [2.45, 2.75) is 16.9 Å². The zero-order valence-corrected chi connectivity index (χ0v) is 16.2. The van der Waals surface area contributed by atoms with E-state index in [1.54, 1.807) is 35.5 Å². The smallest absolute Gasteiger partial charge is 0.257 e. The number of hydrogen-bond acceptors (Lipinski definition) is 4. The third-order valence-electron chi connectivity index (χ3n) is 3.41. The first kappa shape index (κ1) is 17.2.